The van der Waals surface area contributed by atoms with Crippen LogP contribution in [0.1, 0.15) is 12.8 Å². The van der Waals surface area contributed by atoms with Crippen molar-refractivity contribution >= 4 is 41.0 Å². The van der Waals surface area contributed by atoms with Crippen LogP contribution in [0.15, 0.2) is 64.7 Å². The van der Waals surface area contributed by atoms with Crippen LogP contribution >= 0.6 is 23.2 Å². The number of likely N-dealkylation sites (tertiary alicyclic amines) is 1. The number of allylic oxidation sites excluding steroid dienone is 1. The van der Waals surface area contributed by atoms with E-state index in [1.807, 2.05) is 12.2 Å². The smallest absolute Gasteiger partial charge is 0.245 e. The average molecular weight is 517 g/mol. The van der Waals surface area contributed by atoms with Crippen molar-refractivity contribution in [1.82, 2.24) is 4.90 Å². The number of benzene rings is 1. The molecule has 2 heterocycles. The highest BCUT2D eigenvalue weighted by molar-refractivity contribution is 6.42. The van der Waals surface area contributed by atoms with E-state index in [2.05, 4.69) is 23.0 Å². The van der Waals surface area contributed by atoms with Gasteiger partial charge in [-0.1, -0.05) is 29.8 Å². The van der Waals surface area contributed by atoms with Crippen molar-refractivity contribution in [3.05, 3.63) is 75.6 Å². The van der Waals surface area contributed by atoms with Crippen molar-refractivity contribution in [3.8, 4) is 6.07 Å². The second kappa shape index (κ2) is 10.5. The van der Waals surface area contributed by atoms with E-state index in [1.54, 1.807) is 12.0 Å². The van der Waals surface area contributed by atoms with E-state index in [1.165, 1.54) is 24.4 Å². The van der Waals surface area contributed by atoms with Crippen LogP contribution in [-0.2, 0) is 14.3 Å². The molecule has 0 bridgehead atoms. The minimum absolute atomic E-state index is 0.0906. The Morgan fingerprint density at radius 3 is 2.71 bits per heavy atom. The van der Waals surface area contributed by atoms with Gasteiger partial charge in [0.15, 0.2) is 17.3 Å². The molecule has 1 aliphatic carbocycles. The first-order chi connectivity index (χ1) is 16.9. The summed E-state index contributed by atoms with van der Waals surface area (Å²) < 4.78 is 26.6. The fourth-order valence-corrected chi connectivity index (χ4v) is 4.57. The Bertz CT molecular complexity index is 1210. The molecule has 1 N–H and O–H groups in total. The van der Waals surface area contributed by atoms with Gasteiger partial charge in [0.25, 0.3) is 0 Å². The average Bonchev–Trinajstić information content (AvgIpc) is 2.88. The lowest BCUT2D eigenvalue weighted by Crippen LogP contribution is -2.40. The highest BCUT2D eigenvalue weighted by Crippen LogP contribution is 2.38. The fraction of sp³-hybridized carbons (Fsp3) is 0.320. The Balaban J connectivity index is 1.60. The van der Waals surface area contributed by atoms with Gasteiger partial charge in [-0.05, 0) is 30.4 Å². The van der Waals surface area contributed by atoms with Crippen molar-refractivity contribution in [2.24, 2.45) is 10.9 Å². The molecule has 4 rings (SSSR count). The van der Waals surface area contributed by atoms with Gasteiger partial charge in [-0.3, -0.25) is 9.79 Å². The molecule has 10 heteroatoms. The molecule has 1 aromatic rings. The number of nitriles is 1. The third-order valence-corrected chi connectivity index (χ3v) is 6.91. The molecule has 1 amide bonds. The molecule has 35 heavy (non-hydrogen) atoms. The summed E-state index contributed by atoms with van der Waals surface area (Å²) in [5.74, 6) is -0.216. The van der Waals surface area contributed by atoms with Gasteiger partial charge in [0, 0.05) is 43.8 Å². The number of hydrogen-bond acceptors (Lipinski definition) is 6. The lowest BCUT2D eigenvalue weighted by atomic mass is 9.86. The summed E-state index contributed by atoms with van der Waals surface area (Å²) in [5, 5.41) is 12.6. The van der Waals surface area contributed by atoms with E-state index in [-0.39, 0.29) is 39.4 Å². The molecule has 2 unspecified atom stereocenters. The van der Waals surface area contributed by atoms with Crippen LogP contribution in [0.5, 0.6) is 0 Å². The first-order valence-corrected chi connectivity index (χ1v) is 11.8. The minimum Gasteiger partial charge on any atom is -0.493 e. The number of carbonyl (C=O) groups excluding carboxylic acids is 1. The number of rotatable bonds is 6. The van der Waals surface area contributed by atoms with Gasteiger partial charge in [-0.15, -0.1) is 0 Å². The van der Waals surface area contributed by atoms with E-state index in [4.69, 9.17) is 32.7 Å². The van der Waals surface area contributed by atoms with E-state index in [0.29, 0.717) is 43.1 Å². The number of methoxy groups -OCH3 is 1. The fourth-order valence-electron chi connectivity index (χ4n) is 4.26. The number of ether oxygens (including phenoxy) is 2. The predicted octanol–water partition coefficient (Wildman–Crippen LogP) is 5.01. The van der Waals surface area contributed by atoms with Gasteiger partial charge in [-0.25, -0.2) is 4.39 Å². The second-order valence-electron chi connectivity index (χ2n) is 8.19. The number of nitrogens with zero attached hydrogens (tertiary/aromatic N) is 3. The maximum absolute atomic E-state index is 14.8. The molecule has 1 fully saturated rings. The SMILES string of the molecule is C=CC(=O)N1CCC(OC2=CC3C(Nc4ccc(Cl)c(Cl)c4F)=C(C#N)C=NC3C=C2OC)CC1. The summed E-state index contributed by atoms with van der Waals surface area (Å²) in [6, 6.07) is 4.68. The molecule has 0 saturated carbocycles. The van der Waals surface area contributed by atoms with Crippen LogP contribution in [-0.4, -0.2) is 49.4 Å². The number of piperidine rings is 1. The van der Waals surface area contributed by atoms with E-state index < -0.39 is 11.7 Å². The van der Waals surface area contributed by atoms with Crippen molar-refractivity contribution in [3.63, 3.8) is 0 Å². The first-order valence-electron chi connectivity index (χ1n) is 11.0. The Kier molecular flexibility index (Phi) is 7.48. The Morgan fingerprint density at radius 2 is 2.06 bits per heavy atom. The number of fused-ring (bicyclic) bond motifs is 1. The zero-order valence-corrected chi connectivity index (χ0v) is 20.4. The number of halogens is 3. The van der Waals surface area contributed by atoms with Crippen LogP contribution in [0.4, 0.5) is 10.1 Å². The van der Waals surface area contributed by atoms with Crippen molar-refractivity contribution in [2.45, 2.75) is 25.0 Å². The third kappa shape index (κ3) is 5.07. The number of aliphatic imine (C=N–C) groups is 1. The van der Waals surface area contributed by atoms with Gasteiger partial charge in [0.2, 0.25) is 5.91 Å². The monoisotopic (exact) mass is 516 g/mol. The van der Waals surface area contributed by atoms with Crippen LogP contribution in [0, 0.1) is 23.1 Å². The largest absolute Gasteiger partial charge is 0.493 e. The van der Waals surface area contributed by atoms with Crippen LogP contribution < -0.4 is 5.32 Å². The summed E-state index contributed by atoms with van der Waals surface area (Å²) in [5.41, 5.74) is 0.814. The summed E-state index contributed by atoms with van der Waals surface area (Å²) in [6.07, 6.45) is 7.59. The minimum atomic E-state index is -0.715. The lowest BCUT2D eigenvalue weighted by Gasteiger charge is -2.35. The van der Waals surface area contributed by atoms with Crippen LogP contribution in [0.3, 0.4) is 0 Å². The number of hydrogen-bond donors (Lipinski definition) is 1. The molecule has 2 atom stereocenters. The highest BCUT2D eigenvalue weighted by atomic mass is 35.5. The normalized spacial score (nSPS) is 22.0. The van der Waals surface area contributed by atoms with Crippen molar-refractivity contribution in [2.75, 3.05) is 25.5 Å². The van der Waals surface area contributed by atoms with E-state index in [9.17, 15) is 14.4 Å². The number of carbonyl (C=O) groups is 1. The molecule has 7 nitrogen and oxygen atoms in total. The van der Waals surface area contributed by atoms with Crippen molar-refractivity contribution < 1.29 is 18.7 Å². The molecule has 2 aliphatic heterocycles. The molecule has 1 aromatic carbocycles. The third-order valence-electron chi connectivity index (χ3n) is 6.13. The maximum atomic E-state index is 14.8. The van der Waals surface area contributed by atoms with E-state index in [0.717, 1.165) is 0 Å². The number of dihydropyridines is 1. The number of amides is 1. The van der Waals surface area contributed by atoms with Gasteiger partial charge < -0.3 is 19.7 Å². The Labute approximate surface area is 212 Å². The number of nitrogens with one attached hydrogen (secondary N) is 1. The number of anilines is 1. The van der Waals surface area contributed by atoms with Crippen LogP contribution in [0.25, 0.3) is 0 Å². The van der Waals surface area contributed by atoms with Gasteiger partial charge >= 0.3 is 0 Å². The zero-order valence-electron chi connectivity index (χ0n) is 18.9. The van der Waals surface area contributed by atoms with Crippen molar-refractivity contribution in [1.29, 1.82) is 5.26 Å². The standard InChI is InChI=1S/C25H23Cl2FN4O3/c1-3-22(33)32-8-6-15(7-9-32)35-21-10-16-19(11-20(21)34-2)30-13-14(12-29)25(16)31-18-5-4-17(26)23(27)24(18)28/h3-5,10-11,13,15-16,19,31H,1,6-9H2,2H3. The molecule has 0 spiro atoms. The Hall–Kier alpha value is -3.28. The lowest BCUT2D eigenvalue weighted by molar-refractivity contribution is -0.128. The predicted molar refractivity (Wildman–Crippen MR) is 133 cm³/mol. The molecule has 0 radical (unpaired) electrons. The van der Waals surface area contributed by atoms with Gasteiger partial charge in [0.1, 0.15) is 12.2 Å². The van der Waals surface area contributed by atoms with Gasteiger partial charge in [-0.2, -0.15) is 5.26 Å². The summed E-state index contributed by atoms with van der Waals surface area (Å²) >= 11 is 11.9. The molecule has 0 aromatic heterocycles. The molecule has 3 aliphatic rings. The second-order valence-corrected chi connectivity index (χ2v) is 8.98. The van der Waals surface area contributed by atoms with Crippen LogP contribution in [0.2, 0.25) is 10.0 Å². The summed E-state index contributed by atoms with van der Waals surface area (Å²) in [7, 11) is 1.54. The first kappa shape index (κ1) is 24.8. The van der Waals surface area contributed by atoms with E-state index >= 15 is 0 Å². The molecular formula is C25H23Cl2FN4O3. The molecule has 182 valence electrons. The summed E-state index contributed by atoms with van der Waals surface area (Å²) in [6.45, 7) is 4.66. The highest BCUT2D eigenvalue weighted by Gasteiger charge is 2.35. The maximum Gasteiger partial charge on any atom is 0.245 e. The summed E-state index contributed by atoms with van der Waals surface area (Å²) in [4.78, 5) is 18.1. The van der Waals surface area contributed by atoms with Gasteiger partial charge in [0.05, 0.1) is 34.5 Å². The molecule has 1 saturated heterocycles. The molecular weight excluding hydrogens is 494 g/mol. The Morgan fingerprint density at radius 1 is 1.31 bits per heavy atom. The zero-order chi connectivity index (χ0) is 25.1. The topological polar surface area (TPSA) is 87.0 Å². The quantitative estimate of drug-likeness (QED) is 0.424.